The molecule has 120 valence electrons. The van der Waals surface area contributed by atoms with E-state index in [1.165, 1.54) is 18.4 Å². The maximum atomic E-state index is 12.5. The van der Waals surface area contributed by atoms with Crippen LogP contribution in [0, 0.1) is 13.8 Å². The second-order valence-corrected chi connectivity index (χ2v) is 7.69. The quantitative estimate of drug-likeness (QED) is 0.846. The Morgan fingerprint density at radius 1 is 1.32 bits per heavy atom. The number of benzene rings is 1. The van der Waals surface area contributed by atoms with Crippen LogP contribution in [0.5, 0.6) is 5.75 Å². The fourth-order valence-electron chi connectivity index (χ4n) is 1.98. The monoisotopic (exact) mass is 341 g/mol. The molecule has 2 aromatic rings. The van der Waals surface area contributed by atoms with Crippen molar-refractivity contribution in [2.24, 2.45) is 0 Å². The fourth-order valence-corrected chi connectivity index (χ4v) is 3.96. The van der Waals surface area contributed by atoms with Crippen LogP contribution in [0.25, 0.3) is 0 Å². The Hall–Kier alpha value is -1.41. The summed E-state index contributed by atoms with van der Waals surface area (Å²) in [4.78, 5) is 0.797. The van der Waals surface area contributed by atoms with E-state index in [-0.39, 0.29) is 11.4 Å². The first-order valence-electron chi connectivity index (χ1n) is 6.71. The summed E-state index contributed by atoms with van der Waals surface area (Å²) < 4.78 is 32.5. The minimum absolute atomic E-state index is 0.0801. The molecule has 7 heteroatoms. The summed E-state index contributed by atoms with van der Waals surface area (Å²) in [5, 5.41) is 11.8. The van der Waals surface area contributed by atoms with E-state index in [0.717, 1.165) is 16.0 Å². The highest BCUT2D eigenvalue weighted by Crippen LogP contribution is 2.27. The van der Waals surface area contributed by atoms with Gasteiger partial charge in [-0.25, -0.2) is 13.1 Å². The number of aliphatic hydroxyl groups excluding tert-OH is 1. The lowest BCUT2D eigenvalue weighted by Gasteiger charge is -2.14. The molecule has 0 saturated carbocycles. The van der Waals surface area contributed by atoms with Crippen molar-refractivity contribution in [3.05, 3.63) is 45.6 Å². The molecule has 1 heterocycles. The van der Waals surface area contributed by atoms with Gasteiger partial charge in [-0.05, 0) is 48.6 Å². The van der Waals surface area contributed by atoms with Gasteiger partial charge < -0.3 is 9.84 Å². The molecule has 0 aliphatic heterocycles. The third-order valence-electron chi connectivity index (χ3n) is 3.41. The van der Waals surface area contributed by atoms with Crippen molar-refractivity contribution >= 4 is 21.4 Å². The van der Waals surface area contributed by atoms with Crippen molar-refractivity contribution in [2.45, 2.75) is 24.8 Å². The number of hydrogen-bond donors (Lipinski definition) is 2. The molecular weight excluding hydrogens is 322 g/mol. The van der Waals surface area contributed by atoms with Crippen molar-refractivity contribution in [3.8, 4) is 5.75 Å². The summed E-state index contributed by atoms with van der Waals surface area (Å²) in [5.74, 6) is 0.293. The lowest BCUT2D eigenvalue weighted by molar-refractivity contribution is 0.185. The van der Waals surface area contributed by atoms with Crippen LogP contribution in [0.4, 0.5) is 0 Å². The van der Waals surface area contributed by atoms with Gasteiger partial charge in [-0.3, -0.25) is 0 Å². The second-order valence-electron chi connectivity index (χ2n) is 4.97. The Morgan fingerprint density at radius 3 is 2.59 bits per heavy atom. The van der Waals surface area contributed by atoms with Crippen LogP contribution in [0.1, 0.15) is 22.1 Å². The lowest BCUT2D eigenvalue weighted by Crippen LogP contribution is -2.28. The molecular formula is C15H19NO4S2. The first-order valence-corrected chi connectivity index (χ1v) is 9.08. The van der Waals surface area contributed by atoms with Gasteiger partial charge in [0.2, 0.25) is 10.0 Å². The standard InChI is InChI=1S/C15H19NO4S2/c1-10-7-13(20-3)15(8-11(10)2)22(18,19)16-9-12(17)14-5-4-6-21-14/h4-8,12,16-17H,9H2,1-3H3. The van der Waals surface area contributed by atoms with Crippen molar-refractivity contribution < 1.29 is 18.3 Å². The van der Waals surface area contributed by atoms with Crippen LogP contribution in [-0.4, -0.2) is 27.2 Å². The number of aryl methyl sites for hydroxylation is 2. The first-order chi connectivity index (χ1) is 10.3. The largest absolute Gasteiger partial charge is 0.495 e. The predicted molar refractivity (Wildman–Crippen MR) is 86.9 cm³/mol. The summed E-state index contributed by atoms with van der Waals surface area (Å²) in [6.07, 6.45) is -0.868. The average molecular weight is 341 g/mol. The van der Waals surface area contributed by atoms with Gasteiger partial charge in [-0.2, -0.15) is 0 Å². The highest BCUT2D eigenvalue weighted by atomic mass is 32.2. The molecule has 1 aromatic heterocycles. The molecule has 5 nitrogen and oxygen atoms in total. The predicted octanol–water partition coefficient (Wildman–Crippen LogP) is 2.39. The summed E-state index contributed by atoms with van der Waals surface area (Å²) >= 11 is 1.38. The van der Waals surface area contributed by atoms with Crippen molar-refractivity contribution in [3.63, 3.8) is 0 Å². The Labute approximate surface area is 134 Å². The van der Waals surface area contributed by atoms with Crippen LogP contribution in [0.15, 0.2) is 34.5 Å². The molecule has 1 atom stereocenters. The zero-order chi connectivity index (χ0) is 16.3. The molecule has 1 unspecified atom stereocenters. The number of thiophene rings is 1. The number of rotatable bonds is 6. The van der Waals surface area contributed by atoms with E-state index in [1.807, 2.05) is 25.3 Å². The summed E-state index contributed by atoms with van der Waals surface area (Å²) in [6.45, 7) is 3.65. The molecule has 0 spiro atoms. The lowest BCUT2D eigenvalue weighted by atomic mass is 10.1. The minimum Gasteiger partial charge on any atom is -0.495 e. The molecule has 0 fully saturated rings. The smallest absolute Gasteiger partial charge is 0.244 e. The molecule has 0 aliphatic carbocycles. The molecule has 0 amide bonds. The van der Waals surface area contributed by atoms with Crippen LogP contribution in [0.2, 0.25) is 0 Å². The van der Waals surface area contributed by atoms with E-state index in [1.54, 1.807) is 18.2 Å². The maximum absolute atomic E-state index is 12.5. The first kappa shape index (κ1) is 17.0. The van der Waals surface area contributed by atoms with Gasteiger partial charge >= 0.3 is 0 Å². The van der Waals surface area contributed by atoms with Crippen LogP contribution < -0.4 is 9.46 Å². The molecule has 1 aromatic carbocycles. The summed E-state index contributed by atoms with van der Waals surface area (Å²) in [6, 6.07) is 6.85. The fraction of sp³-hybridized carbons (Fsp3) is 0.333. The number of sulfonamides is 1. The van der Waals surface area contributed by atoms with Crippen molar-refractivity contribution in [2.75, 3.05) is 13.7 Å². The van der Waals surface area contributed by atoms with E-state index in [2.05, 4.69) is 4.72 Å². The number of methoxy groups -OCH3 is 1. The van der Waals surface area contributed by atoms with Crippen molar-refractivity contribution in [1.82, 2.24) is 4.72 Å². The Bertz CT molecular complexity index is 739. The summed E-state index contributed by atoms with van der Waals surface area (Å²) in [5.41, 5.74) is 1.81. The maximum Gasteiger partial charge on any atom is 0.244 e. The van der Waals surface area contributed by atoms with Gasteiger partial charge in [0.15, 0.2) is 0 Å². The number of nitrogens with one attached hydrogen (secondary N) is 1. The number of aliphatic hydroxyl groups is 1. The van der Waals surface area contributed by atoms with Gasteiger partial charge in [0, 0.05) is 11.4 Å². The van der Waals surface area contributed by atoms with E-state index >= 15 is 0 Å². The zero-order valence-corrected chi connectivity index (χ0v) is 14.3. The molecule has 0 saturated heterocycles. The Kier molecular flexibility index (Phi) is 5.23. The molecule has 2 N–H and O–H groups in total. The third-order valence-corrected chi connectivity index (χ3v) is 5.83. The molecule has 0 aliphatic rings. The Morgan fingerprint density at radius 2 is 2.00 bits per heavy atom. The van der Waals surface area contributed by atoms with Gasteiger partial charge in [0.05, 0.1) is 7.11 Å². The average Bonchev–Trinajstić information content (AvgIpc) is 3.01. The topological polar surface area (TPSA) is 75.6 Å². The normalized spacial score (nSPS) is 13.1. The minimum atomic E-state index is -3.76. The molecule has 0 bridgehead atoms. The van der Waals surface area contributed by atoms with E-state index in [9.17, 15) is 13.5 Å². The van der Waals surface area contributed by atoms with Gasteiger partial charge in [-0.1, -0.05) is 6.07 Å². The molecule has 22 heavy (non-hydrogen) atoms. The summed E-state index contributed by atoms with van der Waals surface area (Å²) in [7, 11) is -2.32. The zero-order valence-electron chi connectivity index (χ0n) is 12.7. The van der Waals surface area contributed by atoms with Crippen LogP contribution >= 0.6 is 11.3 Å². The van der Waals surface area contributed by atoms with E-state index in [0.29, 0.717) is 5.75 Å². The molecule has 2 rings (SSSR count). The molecule has 0 radical (unpaired) electrons. The van der Waals surface area contributed by atoms with Crippen LogP contribution in [-0.2, 0) is 10.0 Å². The van der Waals surface area contributed by atoms with Gasteiger partial charge in [0.25, 0.3) is 0 Å². The highest BCUT2D eigenvalue weighted by Gasteiger charge is 2.22. The second kappa shape index (κ2) is 6.78. The SMILES string of the molecule is COc1cc(C)c(C)cc1S(=O)(=O)NCC(O)c1cccs1. The van der Waals surface area contributed by atoms with Crippen LogP contribution in [0.3, 0.4) is 0 Å². The van der Waals surface area contributed by atoms with Gasteiger partial charge in [-0.15, -0.1) is 11.3 Å². The van der Waals surface area contributed by atoms with E-state index < -0.39 is 16.1 Å². The number of ether oxygens (including phenoxy) is 1. The van der Waals surface area contributed by atoms with Gasteiger partial charge in [0.1, 0.15) is 16.7 Å². The Balaban J connectivity index is 2.22. The third kappa shape index (κ3) is 3.67. The highest BCUT2D eigenvalue weighted by molar-refractivity contribution is 7.89. The van der Waals surface area contributed by atoms with Crippen molar-refractivity contribution in [1.29, 1.82) is 0 Å². The van der Waals surface area contributed by atoms with E-state index in [4.69, 9.17) is 4.74 Å². The number of hydrogen-bond acceptors (Lipinski definition) is 5.